The normalized spacial score (nSPS) is 11.6. The molecule has 3 aromatic carbocycles. The second-order valence-electron chi connectivity index (χ2n) is 8.71. The second-order valence-corrected chi connectivity index (χ2v) is 9.66. The van der Waals surface area contributed by atoms with Crippen molar-refractivity contribution in [1.29, 1.82) is 0 Å². The highest BCUT2D eigenvalue weighted by Gasteiger charge is 2.15. The average Bonchev–Trinajstić information content (AvgIpc) is 2.78. The predicted octanol–water partition coefficient (Wildman–Crippen LogP) is 6.37. The molecule has 4 aromatic rings. The maximum Gasteiger partial charge on any atom is 0.266 e. The molecule has 0 saturated heterocycles. The van der Waals surface area contributed by atoms with Crippen molar-refractivity contribution in [2.75, 3.05) is 6.61 Å². The van der Waals surface area contributed by atoms with Crippen LogP contribution >= 0.6 is 11.8 Å². The van der Waals surface area contributed by atoms with E-state index in [-0.39, 0.29) is 11.0 Å². The quantitative estimate of drug-likeness (QED) is 0.256. The fraction of sp³-hybridized carbons (Fsp3) is 0.259. The predicted molar refractivity (Wildman–Crippen MR) is 133 cm³/mol. The zero-order valence-corrected chi connectivity index (χ0v) is 19.8. The maximum atomic E-state index is 13.4. The third-order valence-corrected chi connectivity index (χ3v) is 6.35. The Morgan fingerprint density at radius 2 is 1.62 bits per heavy atom. The summed E-state index contributed by atoms with van der Waals surface area (Å²) in [5.41, 5.74) is 4.06. The lowest BCUT2D eigenvalue weighted by Crippen LogP contribution is -2.21. The fourth-order valence-corrected chi connectivity index (χ4v) is 4.51. The van der Waals surface area contributed by atoms with Crippen LogP contribution in [0.15, 0.2) is 82.7 Å². The van der Waals surface area contributed by atoms with Crippen molar-refractivity contribution in [2.45, 2.75) is 44.0 Å². The van der Waals surface area contributed by atoms with Gasteiger partial charge in [-0.25, -0.2) is 4.98 Å². The highest BCUT2D eigenvalue weighted by Crippen LogP contribution is 2.27. The van der Waals surface area contributed by atoms with Gasteiger partial charge in [-0.05, 0) is 59.9 Å². The summed E-state index contributed by atoms with van der Waals surface area (Å²) in [4.78, 5) is 18.2. The highest BCUT2D eigenvalue weighted by molar-refractivity contribution is 7.98. The summed E-state index contributed by atoms with van der Waals surface area (Å²) in [5, 5.41) is 1.29. The standard InChI is InChI=1S/C27H28N2O2S/c1-5-31-22-16-14-21(15-17-22)29-25(30)23-8-6-7-9-24(23)28-26(29)32-18-19-10-12-20(13-11-19)27(2,3)4/h6-17H,5,18H2,1-4H3. The van der Waals surface area contributed by atoms with Crippen LogP contribution < -0.4 is 10.3 Å². The lowest BCUT2D eigenvalue weighted by Gasteiger charge is -2.19. The Hall–Kier alpha value is -3.05. The summed E-state index contributed by atoms with van der Waals surface area (Å²) >= 11 is 1.57. The molecular formula is C27H28N2O2S. The molecule has 0 atom stereocenters. The molecule has 5 heteroatoms. The zero-order valence-electron chi connectivity index (χ0n) is 19.0. The van der Waals surface area contributed by atoms with Crippen molar-refractivity contribution in [3.63, 3.8) is 0 Å². The van der Waals surface area contributed by atoms with Gasteiger partial charge in [0, 0.05) is 5.75 Å². The first-order chi connectivity index (χ1) is 15.4. The van der Waals surface area contributed by atoms with E-state index in [4.69, 9.17) is 9.72 Å². The average molecular weight is 445 g/mol. The number of nitrogens with zero attached hydrogens (tertiary/aromatic N) is 2. The number of hydrogen-bond acceptors (Lipinski definition) is 4. The van der Waals surface area contributed by atoms with Gasteiger partial charge in [0.05, 0.1) is 23.2 Å². The van der Waals surface area contributed by atoms with Crippen LogP contribution in [0.1, 0.15) is 38.8 Å². The van der Waals surface area contributed by atoms with Crippen molar-refractivity contribution in [3.8, 4) is 11.4 Å². The monoisotopic (exact) mass is 444 g/mol. The number of hydrogen-bond donors (Lipinski definition) is 0. The summed E-state index contributed by atoms with van der Waals surface area (Å²) < 4.78 is 7.26. The fourth-order valence-electron chi connectivity index (χ4n) is 3.54. The summed E-state index contributed by atoms with van der Waals surface area (Å²) in [5.74, 6) is 1.51. The molecule has 1 aromatic heterocycles. The van der Waals surface area contributed by atoms with Crippen LogP contribution in [0.3, 0.4) is 0 Å². The Balaban J connectivity index is 1.71. The molecule has 0 aliphatic carbocycles. The Bertz CT molecular complexity index is 1270. The molecule has 0 spiro atoms. The molecule has 32 heavy (non-hydrogen) atoms. The van der Waals surface area contributed by atoms with Crippen LogP contribution in [0.5, 0.6) is 5.75 Å². The SMILES string of the molecule is CCOc1ccc(-n2c(SCc3ccc(C(C)(C)C)cc3)nc3ccccc3c2=O)cc1. The summed E-state index contributed by atoms with van der Waals surface area (Å²) in [6.45, 7) is 9.20. The summed E-state index contributed by atoms with van der Waals surface area (Å²) in [6, 6.07) is 23.8. The number of rotatable bonds is 6. The molecule has 0 aliphatic rings. The highest BCUT2D eigenvalue weighted by atomic mass is 32.2. The van der Waals surface area contributed by atoms with Crippen LogP contribution in [0.2, 0.25) is 0 Å². The van der Waals surface area contributed by atoms with Gasteiger partial charge in [0.2, 0.25) is 0 Å². The number of aromatic nitrogens is 2. The minimum absolute atomic E-state index is 0.0645. The molecule has 0 radical (unpaired) electrons. The van der Waals surface area contributed by atoms with E-state index in [9.17, 15) is 4.79 Å². The van der Waals surface area contributed by atoms with Gasteiger partial charge in [-0.2, -0.15) is 0 Å². The molecule has 0 amide bonds. The van der Waals surface area contributed by atoms with E-state index in [1.165, 1.54) is 11.1 Å². The van der Waals surface area contributed by atoms with Crippen LogP contribution in [0.25, 0.3) is 16.6 Å². The first-order valence-corrected chi connectivity index (χ1v) is 11.8. The van der Waals surface area contributed by atoms with Gasteiger partial charge >= 0.3 is 0 Å². The first-order valence-electron chi connectivity index (χ1n) is 10.8. The third kappa shape index (κ3) is 4.73. The minimum atomic E-state index is -0.0645. The van der Waals surface area contributed by atoms with Gasteiger partial charge in [-0.3, -0.25) is 9.36 Å². The molecule has 0 fully saturated rings. The molecule has 164 valence electrons. The van der Waals surface area contributed by atoms with Crippen LogP contribution in [-0.4, -0.2) is 16.2 Å². The van der Waals surface area contributed by atoms with Gasteiger partial charge in [0.1, 0.15) is 5.75 Å². The van der Waals surface area contributed by atoms with E-state index in [0.717, 1.165) is 17.2 Å². The first kappa shape index (κ1) is 22.2. The molecule has 1 heterocycles. The van der Waals surface area contributed by atoms with Crippen LogP contribution in [0, 0.1) is 0 Å². The van der Waals surface area contributed by atoms with E-state index in [0.29, 0.717) is 22.7 Å². The Morgan fingerprint density at radius 3 is 2.28 bits per heavy atom. The molecule has 0 saturated carbocycles. The molecule has 0 bridgehead atoms. The minimum Gasteiger partial charge on any atom is -0.494 e. The molecule has 4 rings (SSSR count). The number of thioether (sulfide) groups is 1. The van der Waals surface area contributed by atoms with E-state index >= 15 is 0 Å². The van der Waals surface area contributed by atoms with Gasteiger partial charge in [0.25, 0.3) is 5.56 Å². The Kier molecular flexibility index (Phi) is 6.38. The maximum absolute atomic E-state index is 13.4. The van der Waals surface area contributed by atoms with E-state index < -0.39 is 0 Å². The van der Waals surface area contributed by atoms with Gasteiger partial charge < -0.3 is 4.74 Å². The number of ether oxygens (including phenoxy) is 1. The molecular weight excluding hydrogens is 416 g/mol. The topological polar surface area (TPSA) is 44.1 Å². The lowest BCUT2D eigenvalue weighted by molar-refractivity contribution is 0.340. The zero-order chi connectivity index (χ0) is 22.7. The van der Waals surface area contributed by atoms with Gasteiger partial charge in [-0.15, -0.1) is 0 Å². The van der Waals surface area contributed by atoms with E-state index in [1.54, 1.807) is 16.3 Å². The van der Waals surface area contributed by atoms with Crippen molar-refractivity contribution >= 4 is 22.7 Å². The Morgan fingerprint density at radius 1 is 0.938 bits per heavy atom. The van der Waals surface area contributed by atoms with E-state index in [2.05, 4.69) is 45.0 Å². The summed E-state index contributed by atoms with van der Waals surface area (Å²) in [6.07, 6.45) is 0. The van der Waals surface area contributed by atoms with E-state index in [1.807, 2.05) is 55.5 Å². The largest absolute Gasteiger partial charge is 0.494 e. The lowest BCUT2D eigenvalue weighted by atomic mass is 9.87. The number of fused-ring (bicyclic) bond motifs is 1. The molecule has 0 aliphatic heterocycles. The van der Waals surface area contributed by atoms with Gasteiger partial charge in [-0.1, -0.05) is 68.9 Å². The third-order valence-electron chi connectivity index (χ3n) is 5.34. The Labute approximate surface area is 193 Å². The van der Waals surface area contributed by atoms with Gasteiger partial charge in [0.15, 0.2) is 5.16 Å². The van der Waals surface area contributed by atoms with Crippen molar-refractivity contribution in [3.05, 3.63) is 94.3 Å². The molecule has 0 unspecified atom stereocenters. The summed E-state index contributed by atoms with van der Waals surface area (Å²) in [7, 11) is 0. The smallest absolute Gasteiger partial charge is 0.266 e. The number of para-hydroxylation sites is 1. The van der Waals surface area contributed by atoms with Crippen molar-refractivity contribution in [2.24, 2.45) is 0 Å². The molecule has 0 N–H and O–H groups in total. The van der Waals surface area contributed by atoms with Crippen molar-refractivity contribution < 1.29 is 4.74 Å². The van der Waals surface area contributed by atoms with Crippen LogP contribution in [0.4, 0.5) is 0 Å². The van der Waals surface area contributed by atoms with Crippen LogP contribution in [-0.2, 0) is 11.2 Å². The van der Waals surface area contributed by atoms with Crippen molar-refractivity contribution in [1.82, 2.24) is 9.55 Å². The second kappa shape index (κ2) is 9.21. The number of benzene rings is 3. The molecule has 4 nitrogen and oxygen atoms in total.